The van der Waals surface area contributed by atoms with Gasteiger partial charge in [0.25, 0.3) is 0 Å². The van der Waals surface area contributed by atoms with Crippen LogP contribution in [0.25, 0.3) is 0 Å². The van der Waals surface area contributed by atoms with Gasteiger partial charge in [0.1, 0.15) is 5.75 Å². The van der Waals surface area contributed by atoms with Crippen LogP contribution < -0.4 is 4.74 Å². The molecule has 0 fully saturated rings. The molecule has 0 spiro atoms. The summed E-state index contributed by atoms with van der Waals surface area (Å²) in [5, 5.41) is 8.94. The molecular weight excluding hydrogens is 247 g/mol. The largest absolute Gasteiger partial charge is 0.512 e. The second-order valence-corrected chi connectivity index (χ2v) is 4.62. The molecule has 1 N–H and O–H groups in total. The highest BCUT2D eigenvalue weighted by molar-refractivity contribution is 6.30. The van der Waals surface area contributed by atoms with E-state index >= 15 is 0 Å². The SMILES string of the molecule is OC1=CC=CC(Cl)(Oc2cccc(Cl)c2)C1. The zero-order chi connectivity index (χ0) is 11.6. The Morgan fingerprint density at radius 3 is 2.88 bits per heavy atom. The molecule has 1 aromatic rings. The van der Waals surface area contributed by atoms with Crippen molar-refractivity contribution in [2.45, 2.75) is 11.5 Å². The van der Waals surface area contributed by atoms with Gasteiger partial charge in [-0.2, -0.15) is 0 Å². The van der Waals surface area contributed by atoms with Crippen LogP contribution in [0.15, 0.2) is 48.3 Å². The third-order valence-electron chi connectivity index (χ3n) is 2.14. The lowest BCUT2D eigenvalue weighted by atomic mass is 10.1. The highest BCUT2D eigenvalue weighted by Crippen LogP contribution is 2.32. The Morgan fingerprint density at radius 2 is 2.19 bits per heavy atom. The van der Waals surface area contributed by atoms with Gasteiger partial charge in [-0.05, 0) is 30.4 Å². The molecule has 16 heavy (non-hydrogen) atoms. The summed E-state index contributed by atoms with van der Waals surface area (Å²) in [6, 6.07) is 6.97. The van der Waals surface area contributed by atoms with Crippen molar-refractivity contribution in [2.24, 2.45) is 0 Å². The van der Waals surface area contributed by atoms with Gasteiger partial charge in [-0.25, -0.2) is 0 Å². The number of alkyl halides is 1. The van der Waals surface area contributed by atoms with Crippen molar-refractivity contribution in [3.05, 3.63) is 53.3 Å². The second-order valence-electron chi connectivity index (χ2n) is 3.54. The summed E-state index contributed by atoms with van der Waals surface area (Å²) < 4.78 is 5.59. The van der Waals surface area contributed by atoms with Crippen molar-refractivity contribution in [2.75, 3.05) is 0 Å². The molecule has 0 bridgehead atoms. The smallest absolute Gasteiger partial charge is 0.208 e. The van der Waals surface area contributed by atoms with Gasteiger partial charge in [-0.1, -0.05) is 35.3 Å². The minimum absolute atomic E-state index is 0.194. The van der Waals surface area contributed by atoms with E-state index in [4.69, 9.17) is 27.9 Å². The number of hydrogen-bond donors (Lipinski definition) is 1. The number of rotatable bonds is 2. The van der Waals surface area contributed by atoms with E-state index in [0.717, 1.165) is 0 Å². The summed E-state index contributed by atoms with van der Waals surface area (Å²) in [7, 11) is 0. The lowest BCUT2D eigenvalue weighted by Gasteiger charge is -2.26. The highest BCUT2D eigenvalue weighted by Gasteiger charge is 2.29. The van der Waals surface area contributed by atoms with Gasteiger partial charge >= 0.3 is 0 Å². The number of ether oxygens (including phenoxy) is 1. The predicted octanol–water partition coefficient (Wildman–Crippen LogP) is 4.06. The molecule has 1 aromatic carbocycles. The molecule has 2 rings (SSSR count). The summed E-state index contributed by atoms with van der Waals surface area (Å²) >= 11 is 12.0. The van der Waals surface area contributed by atoms with Crippen molar-refractivity contribution in [3.8, 4) is 5.75 Å². The maximum Gasteiger partial charge on any atom is 0.208 e. The van der Waals surface area contributed by atoms with Crippen molar-refractivity contribution in [1.82, 2.24) is 0 Å². The summed E-state index contributed by atoms with van der Waals surface area (Å²) in [6.07, 6.45) is 5.17. The molecule has 1 unspecified atom stereocenters. The average Bonchev–Trinajstić information content (AvgIpc) is 2.16. The molecule has 0 aliphatic heterocycles. The fourth-order valence-corrected chi connectivity index (χ4v) is 1.94. The van der Waals surface area contributed by atoms with Crippen molar-refractivity contribution in [1.29, 1.82) is 0 Å². The standard InChI is InChI=1S/C12H10Cl2O2/c13-9-3-1-5-11(7-9)16-12(14)6-2-4-10(15)8-12/h1-7,15H,8H2. The van der Waals surface area contributed by atoms with Crippen LogP contribution in [0.3, 0.4) is 0 Å². The Bertz CT molecular complexity index is 454. The number of benzene rings is 1. The summed E-state index contributed by atoms with van der Waals surface area (Å²) in [4.78, 5) is 0. The van der Waals surface area contributed by atoms with Crippen LogP contribution in [0.2, 0.25) is 5.02 Å². The Labute approximate surface area is 104 Å². The van der Waals surface area contributed by atoms with Crippen LogP contribution in [0.4, 0.5) is 0 Å². The van der Waals surface area contributed by atoms with Gasteiger partial charge < -0.3 is 9.84 Å². The minimum Gasteiger partial charge on any atom is -0.512 e. The maximum absolute atomic E-state index is 9.40. The molecule has 1 aliphatic carbocycles. The van der Waals surface area contributed by atoms with E-state index < -0.39 is 5.06 Å². The molecule has 1 aliphatic rings. The number of aliphatic hydroxyl groups excluding tert-OH is 1. The number of hydrogen-bond acceptors (Lipinski definition) is 2. The van der Waals surface area contributed by atoms with E-state index in [1.807, 2.05) is 0 Å². The predicted molar refractivity (Wildman–Crippen MR) is 65.1 cm³/mol. The molecule has 0 saturated carbocycles. The Balaban J connectivity index is 2.16. The molecule has 0 radical (unpaired) electrons. The van der Waals surface area contributed by atoms with E-state index in [-0.39, 0.29) is 12.2 Å². The fourth-order valence-electron chi connectivity index (χ4n) is 1.46. The number of allylic oxidation sites excluding steroid dienone is 2. The summed E-state index contributed by atoms with van der Waals surface area (Å²) in [6.45, 7) is 0. The lowest BCUT2D eigenvalue weighted by Crippen LogP contribution is -2.28. The van der Waals surface area contributed by atoms with Crippen LogP contribution in [-0.2, 0) is 0 Å². The zero-order valence-electron chi connectivity index (χ0n) is 8.36. The van der Waals surface area contributed by atoms with E-state index in [1.54, 1.807) is 42.5 Å². The van der Waals surface area contributed by atoms with Crippen LogP contribution in [0, 0.1) is 0 Å². The van der Waals surface area contributed by atoms with Gasteiger partial charge in [0.15, 0.2) is 0 Å². The molecule has 0 heterocycles. The first-order valence-electron chi connectivity index (χ1n) is 4.78. The number of halogens is 2. The average molecular weight is 257 g/mol. The maximum atomic E-state index is 9.40. The van der Waals surface area contributed by atoms with Crippen molar-refractivity contribution < 1.29 is 9.84 Å². The lowest BCUT2D eigenvalue weighted by molar-refractivity contribution is 0.184. The van der Waals surface area contributed by atoms with Crippen LogP contribution in [0.1, 0.15) is 6.42 Å². The van der Waals surface area contributed by atoms with E-state index in [9.17, 15) is 5.11 Å². The van der Waals surface area contributed by atoms with Crippen molar-refractivity contribution in [3.63, 3.8) is 0 Å². The molecule has 0 saturated heterocycles. The van der Waals surface area contributed by atoms with Gasteiger partial charge in [-0.3, -0.25) is 0 Å². The Kier molecular flexibility index (Phi) is 3.13. The molecule has 0 aromatic heterocycles. The quantitative estimate of drug-likeness (QED) is 0.809. The monoisotopic (exact) mass is 256 g/mol. The topological polar surface area (TPSA) is 29.5 Å². The summed E-state index contributed by atoms with van der Waals surface area (Å²) in [5.41, 5.74) is 0. The molecular formula is C12H10Cl2O2. The van der Waals surface area contributed by atoms with Gasteiger partial charge in [-0.15, -0.1) is 0 Å². The van der Waals surface area contributed by atoms with Crippen LogP contribution >= 0.6 is 23.2 Å². The minimum atomic E-state index is -1.04. The van der Waals surface area contributed by atoms with Gasteiger partial charge in [0.05, 0.1) is 12.2 Å². The van der Waals surface area contributed by atoms with Crippen LogP contribution in [-0.4, -0.2) is 10.2 Å². The summed E-state index contributed by atoms with van der Waals surface area (Å²) in [5.74, 6) is 0.765. The Hall–Kier alpha value is -1.12. The normalized spacial score (nSPS) is 24.0. The fraction of sp³-hybridized carbons (Fsp3) is 0.167. The van der Waals surface area contributed by atoms with Crippen molar-refractivity contribution >= 4 is 23.2 Å². The third-order valence-corrected chi connectivity index (χ3v) is 2.71. The number of aliphatic hydroxyl groups is 1. The van der Waals surface area contributed by atoms with E-state index in [0.29, 0.717) is 10.8 Å². The van der Waals surface area contributed by atoms with E-state index in [1.165, 1.54) is 0 Å². The highest BCUT2D eigenvalue weighted by atomic mass is 35.5. The second kappa shape index (κ2) is 4.40. The molecule has 4 heteroatoms. The van der Waals surface area contributed by atoms with Gasteiger partial charge in [0.2, 0.25) is 5.06 Å². The first kappa shape index (κ1) is 11.4. The zero-order valence-corrected chi connectivity index (χ0v) is 9.87. The molecule has 0 amide bonds. The molecule has 84 valence electrons. The first-order valence-corrected chi connectivity index (χ1v) is 5.54. The van der Waals surface area contributed by atoms with Crippen LogP contribution in [0.5, 0.6) is 5.75 Å². The first-order chi connectivity index (χ1) is 7.57. The van der Waals surface area contributed by atoms with Gasteiger partial charge in [0, 0.05) is 5.02 Å². The van der Waals surface area contributed by atoms with E-state index in [2.05, 4.69) is 0 Å². The Morgan fingerprint density at radius 1 is 1.38 bits per heavy atom. The molecule has 1 atom stereocenters. The molecule has 2 nitrogen and oxygen atoms in total. The third kappa shape index (κ3) is 2.71.